The second kappa shape index (κ2) is 7.14. The van der Waals surface area contributed by atoms with Gasteiger partial charge in [0.1, 0.15) is 5.75 Å². The lowest BCUT2D eigenvalue weighted by molar-refractivity contribution is -0.121. The maximum absolute atomic E-state index is 11.9. The Bertz CT molecular complexity index is 425. The first-order valence-corrected chi connectivity index (χ1v) is 6.63. The van der Waals surface area contributed by atoms with Crippen LogP contribution in [-0.4, -0.2) is 24.7 Å². The third-order valence-electron chi connectivity index (χ3n) is 3.20. The fourth-order valence-electron chi connectivity index (χ4n) is 1.91. The van der Waals surface area contributed by atoms with E-state index in [0.29, 0.717) is 12.3 Å². The van der Waals surface area contributed by atoms with Crippen molar-refractivity contribution >= 4 is 11.6 Å². The Morgan fingerprint density at radius 1 is 1.42 bits per heavy atom. The number of amides is 1. The molecule has 0 bridgehead atoms. The summed E-state index contributed by atoms with van der Waals surface area (Å²) in [4.78, 5) is 11.9. The van der Waals surface area contributed by atoms with Gasteiger partial charge in [-0.05, 0) is 36.1 Å². The number of ether oxygens (including phenoxy) is 1. The molecule has 1 rings (SSSR count). The van der Waals surface area contributed by atoms with Crippen LogP contribution in [0.2, 0.25) is 0 Å². The van der Waals surface area contributed by atoms with Gasteiger partial charge in [0.2, 0.25) is 5.91 Å². The Labute approximate surface area is 114 Å². The third-order valence-corrected chi connectivity index (χ3v) is 3.20. The largest absolute Gasteiger partial charge is 0.496 e. The fraction of sp³-hybridized carbons (Fsp3) is 0.533. The highest BCUT2D eigenvalue weighted by atomic mass is 16.5. The van der Waals surface area contributed by atoms with Crippen molar-refractivity contribution in [2.75, 3.05) is 19.0 Å². The van der Waals surface area contributed by atoms with Crippen LogP contribution in [0.15, 0.2) is 18.2 Å². The summed E-state index contributed by atoms with van der Waals surface area (Å²) in [5, 5.41) is 12.0. The van der Waals surface area contributed by atoms with Crippen molar-refractivity contribution in [3.63, 3.8) is 0 Å². The molecule has 0 radical (unpaired) electrons. The van der Waals surface area contributed by atoms with Gasteiger partial charge < -0.3 is 15.2 Å². The number of benzene rings is 1. The van der Waals surface area contributed by atoms with Crippen LogP contribution in [0.4, 0.5) is 5.69 Å². The molecular formula is C15H23NO3. The molecule has 0 aliphatic carbocycles. The van der Waals surface area contributed by atoms with E-state index in [9.17, 15) is 4.79 Å². The van der Waals surface area contributed by atoms with E-state index in [1.165, 1.54) is 0 Å². The number of aliphatic hydroxyl groups is 1. The van der Waals surface area contributed by atoms with E-state index in [0.717, 1.165) is 17.0 Å². The molecule has 4 heteroatoms. The van der Waals surface area contributed by atoms with Crippen LogP contribution in [0, 0.1) is 5.92 Å². The van der Waals surface area contributed by atoms with Crippen LogP contribution in [0.3, 0.4) is 0 Å². The minimum absolute atomic E-state index is 0.129. The van der Waals surface area contributed by atoms with Gasteiger partial charge >= 0.3 is 0 Å². The molecule has 0 saturated carbocycles. The lowest BCUT2D eigenvalue weighted by atomic mass is 10.0. The van der Waals surface area contributed by atoms with Gasteiger partial charge in [0, 0.05) is 5.69 Å². The Morgan fingerprint density at radius 3 is 2.58 bits per heavy atom. The van der Waals surface area contributed by atoms with Crippen molar-refractivity contribution in [1.29, 1.82) is 0 Å². The average Bonchev–Trinajstić information content (AvgIpc) is 2.40. The lowest BCUT2D eigenvalue weighted by Crippen LogP contribution is -2.25. The van der Waals surface area contributed by atoms with E-state index >= 15 is 0 Å². The highest BCUT2D eigenvalue weighted by Crippen LogP contribution is 2.29. The zero-order valence-electron chi connectivity index (χ0n) is 12.1. The molecule has 1 unspecified atom stereocenters. The lowest BCUT2D eigenvalue weighted by Gasteiger charge is -2.16. The minimum Gasteiger partial charge on any atom is -0.496 e. The predicted molar refractivity (Wildman–Crippen MR) is 76.6 cm³/mol. The maximum Gasteiger partial charge on any atom is 0.229 e. The van der Waals surface area contributed by atoms with Crippen molar-refractivity contribution in [2.45, 2.75) is 33.1 Å². The number of rotatable bonds is 6. The third kappa shape index (κ3) is 3.96. The van der Waals surface area contributed by atoms with Crippen LogP contribution in [0.25, 0.3) is 0 Å². The van der Waals surface area contributed by atoms with Crippen LogP contribution >= 0.6 is 0 Å². The van der Waals surface area contributed by atoms with Gasteiger partial charge in [0.15, 0.2) is 0 Å². The molecule has 4 nitrogen and oxygen atoms in total. The van der Waals surface area contributed by atoms with Gasteiger partial charge in [-0.3, -0.25) is 4.79 Å². The minimum atomic E-state index is -0.357. The number of nitrogens with one attached hydrogen (secondary N) is 1. The summed E-state index contributed by atoms with van der Waals surface area (Å²) < 4.78 is 5.30. The fourth-order valence-corrected chi connectivity index (χ4v) is 1.91. The Morgan fingerprint density at radius 2 is 2.11 bits per heavy atom. The van der Waals surface area contributed by atoms with E-state index in [2.05, 4.69) is 19.2 Å². The molecule has 1 amide bonds. The molecule has 106 valence electrons. The topological polar surface area (TPSA) is 58.6 Å². The SMILES string of the molecule is CCC(CO)C(=O)Nc1ccc(OC)c(C(C)C)c1. The predicted octanol–water partition coefficient (Wildman–Crippen LogP) is 2.78. The van der Waals surface area contributed by atoms with Crippen molar-refractivity contribution in [1.82, 2.24) is 0 Å². The Balaban J connectivity index is 2.91. The molecule has 0 aliphatic heterocycles. The first-order valence-electron chi connectivity index (χ1n) is 6.63. The summed E-state index contributed by atoms with van der Waals surface area (Å²) in [5.41, 5.74) is 1.79. The Kier molecular flexibility index (Phi) is 5.83. The van der Waals surface area contributed by atoms with Gasteiger partial charge in [-0.25, -0.2) is 0 Å². The van der Waals surface area contributed by atoms with E-state index in [1.807, 2.05) is 25.1 Å². The highest BCUT2D eigenvalue weighted by molar-refractivity contribution is 5.92. The van der Waals surface area contributed by atoms with Crippen molar-refractivity contribution < 1.29 is 14.6 Å². The van der Waals surface area contributed by atoms with Crippen molar-refractivity contribution in [3.05, 3.63) is 23.8 Å². The molecule has 0 fully saturated rings. The molecule has 0 aromatic heterocycles. The van der Waals surface area contributed by atoms with Crippen LogP contribution < -0.4 is 10.1 Å². The van der Waals surface area contributed by atoms with Crippen LogP contribution in [0.1, 0.15) is 38.7 Å². The molecule has 1 aromatic rings. The van der Waals surface area contributed by atoms with E-state index < -0.39 is 0 Å². The molecule has 0 spiro atoms. The molecule has 1 atom stereocenters. The molecular weight excluding hydrogens is 242 g/mol. The van der Waals surface area contributed by atoms with E-state index in [-0.39, 0.29) is 18.4 Å². The zero-order chi connectivity index (χ0) is 14.4. The van der Waals surface area contributed by atoms with Crippen LogP contribution in [0.5, 0.6) is 5.75 Å². The summed E-state index contributed by atoms with van der Waals surface area (Å²) in [7, 11) is 1.64. The highest BCUT2D eigenvalue weighted by Gasteiger charge is 2.16. The van der Waals surface area contributed by atoms with Gasteiger partial charge in [0.25, 0.3) is 0 Å². The average molecular weight is 265 g/mol. The number of carbonyl (C=O) groups excluding carboxylic acids is 1. The summed E-state index contributed by atoms with van der Waals surface area (Å²) >= 11 is 0. The van der Waals surface area contributed by atoms with Crippen molar-refractivity contribution in [3.8, 4) is 5.75 Å². The van der Waals surface area contributed by atoms with Gasteiger partial charge in [-0.15, -0.1) is 0 Å². The van der Waals surface area contributed by atoms with Crippen molar-refractivity contribution in [2.24, 2.45) is 5.92 Å². The molecule has 0 heterocycles. The summed E-state index contributed by atoms with van der Waals surface area (Å²) in [6, 6.07) is 5.59. The summed E-state index contributed by atoms with van der Waals surface area (Å²) in [5.74, 6) is 0.628. The van der Waals surface area contributed by atoms with Gasteiger partial charge in [-0.1, -0.05) is 20.8 Å². The first kappa shape index (κ1) is 15.5. The van der Waals surface area contributed by atoms with E-state index in [4.69, 9.17) is 9.84 Å². The molecule has 0 saturated heterocycles. The quantitative estimate of drug-likeness (QED) is 0.831. The second-order valence-corrected chi connectivity index (χ2v) is 4.89. The normalized spacial score (nSPS) is 12.3. The number of hydrogen-bond acceptors (Lipinski definition) is 3. The molecule has 19 heavy (non-hydrogen) atoms. The van der Waals surface area contributed by atoms with E-state index in [1.54, 1.807) is 7.11 Å². The second-order valence-electron chi connectivity index (χ2n) is 4.89. The number of aliphatic hydroxyl groups excluding tert-OH is 1. The molecule has 2 N–H and O–H groups in total. The first-order chi connectivity index (χ1) is 9.03. The smallest absolute Gasteiger partial charge is 0.229 e. The van der Waals surface area contributed by atoms with Gasteiger partial charge in [-0.2, -0.15) is 0 Å². The molecule has 1 aromatic carbocycles. The number of carbonyl (C=O) groups is 1. The van der Waals surface area contributed by atoms with Gasteiger partial charge in [0.05, 0.1) is 19.6 Å². The monoisotopic (exact) mass is 265 g/mol. The standard InChI is InChI=1S/C15H23NO3/c1-5-11(9-17)15(18)16-12-6-7-14(19-4)13(8-12)10(2)3/h6-8,10-11,17H,5,9H2,1-4H3,(H,16,18). The number of methoxy groups -OCH3 is 1. The number of hydrogen-bond donors (Lipinski definition) is 2. The van der Waals surface area contributed by atoms with Crippen LogP contribution in [-0.2, 0) is 4.79 Å². The Hall–Kier alpha value is -1.55. The number of anilines is 1. The maximum atomic E-state index is 11.9. The summed E-state index contributed by atoms with van der Waals surface area (Å²) in [6.07, 6.45) is 0.621. The molecule has 0 aliphatic rings. The zero-order valence-corrected chi connectivity index (χ0v) is 12.1. The summed E-state index contributed by atoms with van der Waals surface area (Å²) in [6.45, 7) is 5.90.